The van der Waals surface area contributed by atoms with E-state index in [9.17, 15) is 4.79 Å². The summed E-state index contributed by atoms with van der Waals surface area (Å²) >= 11 is 0. The molecule has 1 fully saturated rings. The Labute approximate surface area is 137 Å². The van der Waals surface area contributed by atoms with Crippen LogP contribution in [-0.2, 0) is 4.79 Å². The van der Waals surface area contributed by atoms with Gasteiger partial charge in [0.05, 0.1) is 0 Å². The minimum atomic E-state index is -0.180. The highest BCUT2D eigenvalue weighted by Gasteiger charge is 2.20. The Morgan fingerprint density at radius 3 is 2.77 bits per heavy atom. The van der Waals surface area contributed by atoms with Crippen LogP contribution in [0.3, 0.4) is 0 Å². The number of hydrogen-bond donors (Lipinski definition) is 2. The molecule has 1 aliphatic heterocycles. The molecule has 1 unspecified atom stereocenters. The average molecular weight is 326 g/mol. The summed E-state index contributed by atoms with van der Waals surface area (Å²) in [5.41, 5.74) is 5.53. The van der Waals surface area contributed by atoms with Crippen molar-refractivity contribution in [1.29, 1.82) is 5.41 Å². The van der Waals surface area contributed by atoms with Gasteiger partial charge in [0.15, 0.2) is 5.96 Å². The molecule has 3 N–H and O–H groups in total. The van der Waals surface area contributed by atoms with Crippen molar-refractivity contribution in [2.24, 2.45) is 11.7 Å². The van der Waals surface area contributed by atoms with E-state index in [0.29, 0.717) is 18.1 Å². The molecular weight excluding hydrogens is 302 g/mol. The number of guanidine groups is 1. The van der Waals surface area contributed by atoms with Crippen LogP contribution in [0.1, 0.15) is 32.1 Å². The normalized spacial score (nSPS) is 17.5. The van der Waals surface area contributed by atoms with Crippen LogP contribution in [0.5, 0.6) is 5.75 Å². The van der Waals surface area contributed by atoms with Crippen molar-refractivity contribution in [3.63, 3.8) is 0 Å². The maximum atomic E-state index is 11.7. The van der Waals surface area contributed by atoms with Gasteiger partial charge >= 0.3 is 5.97 Å². The summed E-state index contributed by atoms with van der Waals surface area (Å²) in [6.07, 6.45) is 4.46. The third-order valence-electron chi connectivity index (χ3n) is 3.83. The van der Waals surface area contributed by atoms with Gasteiger partial charge in [-0.05, 0) is 43.7 Å². The molecule has 0 amide bonds. The predicted octanol–water partition coefficient (Wildman–Crippen LogP) is 2.79. The number of halogens is 1. The van der Waals surface area contributed by atoms with Gasteiger partial charge in [-0.3, -0.25) is 10.2 Å². The molecule has 122 valence electrons. The van der Waals surface area contributed by atoms with Crippen molar-refractivity contribution >= 4 is 24.3 Å². The maximum absolute atomic E-state index is 11.7. The lowest BCUT2D eigenvalue weighted by atomic mass is 9.93. The fraction of sp³-hybridized carbons (Fsp3) is 0.500. The summed E-state index contributed by atoms with van der Waals surface area (Å²) < 4.78 is 5.26. The van der Waals surface area contributed by atoms with Crippen LogP contribution in [0.25, 0.3) is 0 Å². The zero-order chi connectivity index (χ0) is 15.1. The Hall–Kier alpha value is -1.75. The van der Waals surface area contributed by atoms with Crippen molar-refractivity contribution in [3.05, 3.63) is 30.3 Å². The zero-order valence-corrected chi connectivity index (χ0v) is 13.5. The third-order valence-corrected chi connectivity index (χ3v) is 3.83. The summed E-state index contributed by atoms with van der Waals surface area (Å²) in [7, 11) is 0. The second-order valence-electron chi connectivity index (χ2n) is 5.52. The summed E-state index contributed by atoms with van der Waals surface area (Å²) in [6, 6.07) is 9.15. The molecule has 0 saturated carbocycles. The molecule has 22 heavy (non-hydrogen) atoms. The molecule has 1 atom stereocenters. The van der Waals surface area contributed by atoms with Gasteiger partial charge in [-0.25, -0.2) is 0 Å². The first kappa shape index (κ1) is 18.3. The molecule has 6 heteroatoms. The van der Waals surface area contributed by atoms with E-state index >= 15 is 0 Å². The van der Waals surface area contributed by atoms with Crippen LogP contribution in [0.15, 0.2) is 30.3 Å². The second-order valence-corrected chi connectivity index (χ2v) is 5.52. The van der Waals surface area contributed by atoms with Gasteiger partial charge < -0.3 is 15.4 Å². The lowest BCUT2D eigenvalue weighted by Gasteiger charge is -2.32. The average Bonchev–Trinajstić information content (AvgIpc) is 2.48. The van der Waals surface area contributed by atoms with E-state index in [1.165, 1.54) is 0 Å². The number of nitrogens with two attached hydrogens (primary N) is 1. The zero-order valence-electron chi connectivity index (χ0n) is 12.7. The molecule has 1 aliphatic rings. The van der Waals surface area contributed by atoms with Gasteiger partial charge in [0, 0.05) is 19.5 Å². The molecule has 0 bridgehead atoms. The van der Waals surface area contributed by atoms with Gasteiger partial charge in [0.25, 0.3) is 0 Å². The van der Waals surface area contributed by atoms with Gasteiger partial charge in [0.2, 0.25) is 0 Å². The largest absolute Gasteiger partial charge is 0.427 e. The molecule has 0 aromatic heterocycles. The van der Waals surface area contributed by atoms with Gasteiger partial charge in [-0.15, -0.1) is 12.4 Å². The SMILES string of the molecule is Cl.N=C(N)N1CCCC(CCCC(=O)Oc2ccccc2)C1. The highest BCUT2D eigenvalue weighted by atomic mass is 35.5. The molecule has 1 heterocycles. The topological polar surface area (TPSA) is 79.4 Å². The third kappa shape index (κ3) is 5.93. The Balaban J connectivity index is 0.00000242. The molecule has 2 rings (SSSR count). The number of ether oxygens (including phenoxy) is 1. The highest BCUT2D eigenvalue weighted by Crippen LogP contribution is 2.21. The molecule has 0 radical (unpaired) electrons. The lowest BCUT2D eigenvalue weighted by molar-refractivity contribution is -0.134. The van der Waals surface area contributed by atoms with E-state index in [1.807, 2.05) is 23.1 Å². The summed E-state index contributed by atoms with van der Waals surface area (Å²) in [5, 5.41) is 7.48. The number of likely N-dealkylation sites (tertiary alicyclic amines) is 1. The number of carbonyl (C=O) groups excluding carboxylic acids is 1. The van der Waals surface area contributed by atoms with E-state index < -0.39 is 0 Å². The summed E-state index contributed by atoms with van der Waals surface area (Å²) in [4.78, 5) is 13.7. The van der Waals surface area contributed by atoms with E-state index in [4.69, 9.17) is 15.9 Å². The summed E-state index contributed by atoms with van der Waals surface area (Å²) in [5.74, 6) is 1.10. The molecule has 1 aromatic carbocycles. The number of para-hydroxylation sites is 1. The van der Waals surface area contributed by atoms with Crippen LogP contribution < -0.4 is 10.5 Å². The number of piperidine rings is 1. The first-order chi connectivity index (χ1) is 10.1. The first-order valence-corrected chi connectivity index (χ1v) is 7.50. The maximum Gasteiger partial charge on any atom is 0.311 e. The number of esters is 1. The van der Waals surface area contributed by atoms with Crippen molar-refractivity contribution in [1.82, 2.24) is 4.90 Å². The van der Waals surface area contributed by atoms with E-state index in [-0.39, 0.29) is 24.3 Å². The highest BCUT2D eigenvalue weighted by molar-refractivity contribution is 5.85. The Bertz CT molecular complexity index is 482. The summed E-state index contributed by atoms with van der Waals surface area (Å²) in [6.45, 7) is 1.71. The van der Waals surface area contributed by atoms with E-state index in [0.717, 1.165) is 38.8 Å². The van der Waals surface area contributed by atoms with Crippen LogP contribution >= 0.6 is 12.4 Å². The molecule has 1 saturated heterocycles. The smallest absolute Gasteiger partial charge is 0.311 e. The van der Waals surface area contributed by atoms with Crippen molar-refractivity contribution in [2.75, 3.05) is 13.1 Å². The minimum Gasteiger partial charge on any atom is -0.427 e. The fourth-order valence-corrected chi connectivity index (χ4v) is 2.73. The van der Waals surface area contributed by atoms with Crippen molar-refractivity contribution in [3.8, 4) is 5.75 Å². The van der Waals surface area contributed by atoms with E-state index in [1.54, 1.807) is 12.1 Å². The number of rotatable bonds is 5. The minimum absolute atomic E-state index is 0. The Morgan fingerprint density at radius 2 is 2.09 bits per heavy atom. The number of carbonyl (C=O) groups is 1. The quantitative estimate of drug-likeness (QED) is 0.377. The van der Waals surface area contributed by atoms with Crippen LogP contribution in [0, 0.1) is 11.3 Å². The van der Waals surface area contributed by atoms with E-state index in [2.05, 4.69) is 0 Å². The first-order valence-electron chi connectivity index (χ1n) is 7.50. The molecular formula is C16H24ClN3O2. The van der Waals surface area contributed by atoms with Crippen molar-refractivity contribution in [2.45, 2.75) is 32.1 Å². The Morgan fingerprint density at radius 1 is 1.36 bits per heavy atom. The van der Waals surface area contributed by atoms with Gasteiger partial charge in [-0.2, -0.15) is 0 Å². The number of benzene rings is 1. The monoisotopic (exact) mass is 325 g/mol. The fourth-order valence-electron chi connectivity index (χ4n) is 2.73. The predicted molar refractivity (Wildman–Crippen MR) is 89.4 cm³/mol. The molecule has 0 spiro atoms. The van der Waals surface area contributed by atoms with Crippen LogP contribution in [0.2, 0.25) is 0 Å². The lowest BCUT2D eigenvalue weighted by Crippen LogP contribution is -2.43. The van der Waals surface area contributed by atoms with Gasteiger partial charge in [-0.1, -0.05) is 18.2 Å². The van der Waals surface area contributed by atoms with Crippen LogP contribution in [-0.4, -0.2) is 29.9 Å². The standard InChI is InChI=1S/C16H23N3O2.ClH/c17-16(18)19-11-5-7-13(12-19)6-4-10-15(20)21-14-8-2-1-3-9-14;/h1-3,8-9,13H,4-7,10-12H2,(H3,17,18);1H. The van der Waals surface area contributed by atoms with Gasteiger partial charge in [0.1, 0.15) is 5.75 Å². The molecule has 1 aromatic rings. The Kier molecular flexibility index (Phi) is 7.74. The van der Waals surface area contributed by atoms with Crippen LogP contribution in [0.4, 0.5) is 0 Å². The van der Waals surface area contributed by atoms with Crippen molar-refractivity contribution < 1.29 is 9.53 Å². The second kappa shape index (κ2) is 9.30. The number of nitrogens with zero attached hydrogens (tertiary/aromatic N) is 1. The number of hydrogen-bond acceptors (Lipinski definition) is 3. The molecule has 5 nitrogen and oxygen atoms in total. The molecule has 0 aliphatic carbocycles. The number of nitrogens with one attached hydrogen (secondary N) is 1.